The first kappa shape index (κ1) is 22.2. The van der Waals surface area contributed by atoms with Crippen LogP contribution >= 0.6 is 11.8 Å². The van der Waals surface area contributed by atoms with E-state index in [1.165, 1.54) is 24.6 Å². The molecule has 32 heavy (non-hydrogen) atoms. The molecule has 0 bridgehead atoms. The fraction of sp³-hybridized carbons (Fsp3) is 0.375. The van der Waals surface area contributed by atoms with Gasteiger partial charge in [-0.15, -0.1) is 10.2 Å². The molecule has 1 aliphatic carbocycles. The Morgan fingerprint density at radius 3 is 2.66 bits per heavy atom. The van der Waals surface area contributed by atoms with Gasteiger partial charge in [-0.25, -0.2) is 0 Å². The van der Waals surface area contributed by atoms with Crippen molar-refractivity contribution in [1.29, 1.82) is 0 Å². The van der Waals surface area contributed by atoms with Gasteiger partial charge in [-0.1, -0.05) is 48.2 Å². The minimum Gasteiger partial charge on any atom is -0.493 e. The van der Waals surface area contributed by atoms with E-state index in [9.17, 15) is 4.79 Å². The molecule has 7 nitrogen and oxygen atoms in total. The summed E-state index contributed by atoms with van der Waals surface area (Å²) < 4.78 is 13.5. The maximum atomic E-state index is 12.4. The number of thioether (sulfide) groups is 1. The van der Waals surface area contributed by atoms with Crippen molar-refractivity contribution in [2.75, 3.05) is 12.9 Å². The SMILES string of the molecule is CCn1c(SCC(=O)NCc2ccc(OCc3ccccc3)c(OC)c2)nnc1C1CC1. The van der Waals surface area contributed by atoms with E-state index in [-0.39, 0.29) is 5.91 Å². The van der Waals surface area contributed by atoms with Gasteiger partial charge < -0.3 is 19.4 Å². The first-order chi connectivity index (χ1) is 15.7. The number of carbonyl (C=O) groups is 1. The number of aromatic nitrogens is 3. The van der Waals surface area contributed by atoms with Crippen LogP contribution in [0.3, 0.4) is 0 Å². The van der Waals surface area contributed by atoms with Gasteiger partial charge in [0.05, 0.1) is 12.9 Å². The molecule has 1 N–H and O–H groups in total. The number of rotatable bonds is 11. The molecule has 168 valence electrons. The monoisotopic (exact) mass is 452 g/mol. The van der Waals surface area contributed by atoms with Gasteiger partial charge in [0.15, 0.2) is 16.7 Å². The highest BCUT2D eigenvalue weighted by Gasteiger charge is 2.30. The Morgan fingerprint density at radius 1 is 1.12 bits per heavy atom. The summed E-state index contributed by atoms with van der Waals surface area (Å²) in [6.45, 7) is 3.79. The molecule has 1 fully saturated rings. The number of hydrogen-bond acceptors (Lipinski definition) is 6. The molecule has 2 aromatic carbocycles. The van der Waals surface area contributed by atoms with Crippen molar-refractivity contribution < 1.29 is 14.3 Å². The zero-order valence-electron chi connectivity index (χ0n) is 18.4. The molecule has 0 atom stereocenters. The molecule has 8 heteroatoms. The van der Waals surface area contributed by atoms with Gasteiger partial charge >= 0.3 is 0 Å². The smallest absolute Gasteiger partial charge is 0.230 e. The molecular weight excluding hydrogens is 424 g/mol. The van der Waals surface area contributed by atoms with Gasteiger partial charge in [-0.2, -0.15) is 0 Å². The molecule has 1 saturated carbocycles. The maximum Gasteiger partial charge on any atom is 0.230 e. The highest BCUT2D eigenvalue weighted by molar-refractivity contribution is 7.99. The fourth-order valence-electron chi connectivity index (χ4n) is 3.41. The van der Waals surface area contributed by atoms with E-state index in [2.05, 4.69) is 27.0 Å². The van der Waals surface area contributed by atoms with E-state index in [4.69, 9.17) is 9.47 Å². The molecule has 4 rings (SSSR count). The number of nitrogens with zero attached hydrogens (tertiary/aromatic N) is 3. The number of nitrogens with one attached hydrogen (secondary N) is 1. The average Bonchev–Trinajstić information content (AvgIpc) is 3.60. The number of carbonyl (C=O) groups excluding carboxylic acids is 1. The molecule has 0 spiro atoms. The molecular formula is C24H28N4O3S. The lowest BCUT2D eigenvalue weighted by Gasteiger charge is -2.13. The first-order valence-electron chi connectivity index (χ1n) is 10.8. The van der Waals surface area contributed by atoms with Gasteiger partial charge in [0.1, 0.15) is 12.4 Å². The van der Waals surface area contributed by atoms with Crippen molar-refractivity contribution in [3.63, 3.8) is 0 Å². The van der Waals surface area contributed by atoms with Crippen LogP contribution in [0.25, 0.3) is 0 Å². The van der Waals surface area contributed by atoms with Gasteiger partial charge in [0.25, 0.3) is 0 Å². The molecule has 1 amide bonds. The Morgan fingerprint density at radius 2 is 1.94 bits per heavy atom. The van der Waals surface area contributed by atoms with Crippen LogP contribution in [-0.2, 0) is 24.5 Å². The lowest BCUT2D eigenvalue weighted by molar-refractivity contribution is -0.118. The van der Waals surface area contributed by atoms with Crippen LogP contribution in [-0.4, -0.2) is 33.5 Å². The number of benzene rings is 2. The third-order valence-electron chi connectivity index (χ3n) is 5.29. The van der Waals surface area contributed by atoms with Crippen LogP contribution in [0.5, 0.6) is 11.5 Å². The predicted molar refractivity (Wildman–Crippen MR) is 124 cm³/mol. The maximum absolute atomic E-state index is 12.4. The number of amides is 1. The summed E-state index contributed by atoms with van der Waals surface area (Å²) in [5, 5.41) is 12.4. The average molecular weight is 453 g/mol. The van der Waals surface area contributed by atoms with Gasteiger partial charge in [0.2, 0.25) is 5.91 Å². The second-order valence-corrected chi connectivity index (χ2v) is 8.63. The Hall–Kier alpha value is -3.00. The van der Waals surface area contributed by atoms with E-state index in [1.807, 2.05) is 48.5 Å². The minimum atomic E-state index is -0.0444. The lowest BCUT2D eigenvalue weighted by atomic mass is 10.2. The van der Waals surface area contributed by atoms with Crippen molar-refractivity contribution >= 4 is 17.7 Å². The first-order valence-corrected chi connectivity index (χ1v) is 11.8. The van der Waals surface area contributed by atoms with Gasteiger partial charge in [0, 0.05) is 19.0 Å². The fourth-order valence-corrected chi connectivity index (χ4v) is 4.25. The van der Waals surface area contributed by atoms with Crippen molar-refractivity contribution in [1.82, 2.24) is 20.1 Å². The number of methoxy groups -OCH3 is 1. The molecule has 0 radical (unpaired) electrons. The Labute approximate surface area is 192 Å². The Kier molecular flexibility index (Phi) is 7.32. The van der Waals surface area contributed by atoms with E-state index in [1.54, 1.807) is 7.11 Å². The standard InChI is InChI=1S/C24H28N4O3S/c1-3-28-23(19-10-11-19)26-27-24(28)32-16-22(29)25-14-18-9-12-20(21(13-18)30-2)31-15-17-7-5-4-6-8-17/h4-9,12-13,19H,3,10-11,14-16H2,1-2H3,(H,25,29). The molecule has 1 aromatic heterocycles. The van der Waals surface area contributed by atoms with Crippen molar-refractivity contribution in [3.8, 4) is 11.5 Å². The Balaban J connectivity index is 1.28. The van der Waals surface area contributed by atoms with Crippen molar-refractivity contribution in [3.05, 3.63) is 65.5 Å². The summed E-state index contributed by atoms with van der Waals surface area (Å²) in [5.41, 5.74) is 2.03. The zero-order chi connectivity index (χ0) is 22.3. The summed E-state index contributed by atoms with van der Waals surface area (Å²) >= 11 is 1.43. The molecule has 0 aliphatic heterocycles. The Bertz CT molecular complexity index is 1050. The summed E-state index contributed by atoms with van der Waals surface area (Å²) in [4.78, 5) is 12.4. The molecule has 0 saturated heterocycles. The summed E-state index contributed by atoms with van der Waals surface area (Å²) in [6, 6.07) is 15.7. The third-order valence-corrected chi connectivity index (χ3v) is 6.26. The number of hydrogen-bond donors (Lipinski definition) is 1. The lowest BCUT2D eigenvalue weighted by Crippen LogP contribution is -2.24. The van der Waals surface area contributed by atoms with Crippen LogP contribution < -0.4 is 14.8 Å². The third kappa shape index (κ3) is 5.62. The second-order valence-electron chi connectivity index (χ2n) is 7.68. The largest absolute Gasteiger partial charge is 0.493 e. The molecule has 3 aromatic rings. The van der Waals surface area contributed by atoms with Gasteiger partial charge in [-0.05, 0) is 43.0 Å². The number of ether oxygens (including phenoxy) is 2. The minimum absolute atomic E-state index is 0.0444. The van der Waals surface area contributed by atoms with Crippen LogP contribution in [0.4, 0.5) is 0 Å². The zero-order valence-corrected chi connectivity index (χ0v) is 19.2. The van der Waals surface area contributed by atoms with Crippen molar-refractivity contribution in [2.24, 2.45) is 0 Å². The molecule has 1 heterocycles. The predicted octanol–water partition coefficient (Wildman–Crippen LogP) is 4.17. The summed E-state index contributed by atoms with van der Waals surface area (Å²) in [5.74, 6) is 3.17. The molecule has 1 aliphatic rings. The van der Waals surface area contributed by atoms with E-state index < -0.39 is 0 Å². The van der Waals surface area contributed by atoms with E-state index in [0.717, 1.165) is 28.7 Å². The molecule has 0 unspecified atom stereocenters. The summed E-state index contributed by atoms with van der Waals surface area (Å²) in [6.07, 6.45) is 2.37. The van der Waals surface area contributed by atoms with Gasteiger partial charge in [-0.3, -0.25) is 4.79 Å². The van der Waals surface area contributed by atoms with Crippen LogP contribution in [0.1, 0.15) is 42.6 Å². The second kappa shape index (κ2) is 10.5. The van der Waals surface area contributed by atoms with E-state index >= 15 is 0 Å². The van der Waals surface area contributed by atoms with Crippen LogP contribution in [0.2, 0.25) is 0 Å². The van der Waals surface area contributed by atoms with E-state index in [0.29, 0.717) is 36.3 Å². The van der Waals surface area contributed by atoms with Crippen LogP contribution in [0.15, 0.2) is 53.7 Å². The van der Waals surface area contributed by atoms with Crippen LogP contribution in [0, 0.1) is 0 Å². The quantitative estimate of drug-likeness (QED) is 0.440. The summed E-state index contributed by atoms with van der Waals surface area (Å²) in [7, 11) is 1.61. The van der Waals surface area contributed by atoms with Crippen molar-refractivity contribution in [2.45, 2.75) is 50.5 Å². The highest BCUT2D eigenvalue weighted by atomic mass is 32.2. The normalized spacial score (nSPS) is 13.1. The topological polar surface area (TPSA) is 78.3 Å². The highest BCUT2D eigenvalue weighted by Crippen LogP contribution is 2.40.